The summed E-state index contributed by atoms with van der Waals surface area (Å²) in [6, 6.07) is 9.91. The molecule has 2 saturated heterocycles. The molecule has 0 bridgehead atoms. The van der Waals surface area contributed by atoms with E-state index in [1.54, 1.807) is 46.0 Å². The number of ketones is 1. The number of likely N-dealkylation sites (tertiary alicyclic amines) is 2. The number of halogens is 5. The minimum atomic E-state index is -4.74. The van der Waals surface area contributed by atoms with Crippen molar-refractivity contribution < 1.29 is 70.6 Å². The molecule has 0 radical (unpaired) electrons. The third-order valence-corrected chi connectivity index (χ3v) is 16.3. The molecule has 3 aromatic heterocycles. The van der Waals surface area contributed by atoms with Crippen LogP contribution in [0.1, 0.15) is 77.4 Å². The molecule has 0 unspecified atom stereocenters. The lowest BCUT2D eigenvalue weighted by molar-refractivity contribution is -0.141. The van der Waals surface area contributed by atoms with Crippen LogP contribution < -0.4 is 27.0 Å². The van der Waals surface area contributed by atoms with Crippen LogP contribution in [0.25, 0.3) is 21.8 Å². The second kappa shape index (κ2) is 22.8. The predicted octanol–water partition coefficient (Wildman–Crippen LogP) is 4.30. The molecule has 21 nitrogen and oxygen atoms in total. The van der Waals surface area contributed by atoms with Crippen LogP contribution >= 0.6 is 38.4 Å². The van der Waals surface area contributed by atoms with Gasteiger partial charge in [0.1, 0.15) is 43.0 Å². The molecule has 3 aliphatic rings. The number of primary amides is 1. The summed E-state index contributed by atoms with van der Waals surface area (Å²) in [6.07, 6.45) is 6.66. The molecule has 5 atom stereocenters. The van der Waals surface area contributed by atoms with Gasteiger partial charge in [-0.25, -0.2) is 13.2 Å². The van der Waals surface area contributed by atoms with Gasteiger partial charge in [0, 0.05) is 70.9 Å². The molecule has 77 heavy (non-hydrogen) atoms. The molecule has 0 spiro atoms. The Balaban J connectivity index is 0.000000204. The van der Waals surface area contributed by atoms with Crippen molar-refractivity contribution >= 4 is 106 Å². The minimum absolute atomic E-state index is 0.00896. The van der Waals surface area contributed by atoms with Crippen LogP contribution in [0.2, 0.25) is 10.0 Å². The van der Waals surface area contributed by atoms with Gasteiger partial charge in [-0.1, -0.05) is 54.2 Å². The normalized spacial score (nSPS) is 19.4. The van der Waals surface area contributed by atoms with Crippen molar-refractivity contribution in [1.29, 1.82) is 0 Å². The molecular formula is C49H50Cl2F3N9O12P2. The molecule has 1 aliphatic carbocycles. The summed E-state index contributed by atoms with van der Waals surface area (Å²) in [5.74, 6) is -4.90. The summed E-state index contributed by atoms with van der Waals surface area (Å²) in [5, 5.41) is 8.37. The number of nitrogens with zero attached hydrogens (tertiary/aromatic N) is 6. The van der Waals surface area contributed by atoms with E-state index in [0.29, 0.717) is 33.8 Å². The fourth-order valence-electron chi connectivity index (χ4n) is 10.2. The number of hydrogen-bond donors (Lipinski definition) is 7. The van der Waals surface area contributed by atoms with E-state index in [4.69, 9.17) is 28.9 Å². The maximum atomic E-state index is 14.6. The summed E-state index contributed by atoms with van der Waals surface area (Å²) in [4.78, 5) is 121. The lowest BCUT2D eigenvalue weighted by atomic mass is 9.84. The van der Waals surface area contributed by atoms with Crippen molar-refractivity contribution in [3.63, 3.8) is 0 Å². The second-order valence-corrected chi connectivity index (χ2v) is 22.9. The molecule has 408 valence electrons. The number of carbonyl (C=O) groups excluding carboxylic acids is 6. The number of rotatable bonds is 14. The summed E-state index contributed by atoms with van der Waals surface area (Å²) in [5.41, 5.74) is 6.52. The van der Waals surface area contributed by atoms with Crippen LogP contribution in [-0.4, -0.2) is 115 Å². The molecule has 2 aliphatic heterocycles. The van der Waals surface area contributed by atoms with Crippen LogP contribution in [0.15, 0.2) is 73.2 Å². The van der Waals surface area contributed by atoms with Gasteiger partial charge in [-0.15, -0.1) is 0 Å². The first kappa shape index (κ1) is 56.7. The Bertz CT molecular complexity index is 3460. The first-order valence-electron chi connectivity index (χ1n) is 23.9. The second-order valence-electron chi connectivity index (χ2n) is 18.9. The third-order valence-electron chi connectivity index (χ3n) is 13.9. The van der Waals surface area contributed by atoms with Crippen molar-refractivity contribution in [2.75, 3.05) is 6.54 Å². The first-order valence-corrected chi connectivity index (χ1v) is 27.9. The summed E-state index contributed by atoms with van der Waals surface area (Å²) >= 11 is 11.6. The van der Waals surface area contributed by atoms with Crippen LogP contribution in [0.3, 0.4) is 0 Å². The summed E-state index contributed by atoms with van der Waals surface area (Å²) in [7, 11) is -9.45. The highest BCUT2D eigenvalue weighted by molar-refractivity contribution is 7.60. The Labute approximate surface area is 446 Å². The Morgan fingerprint density at radius 1 is 0.779 bits per heavy atom. The summed E-state index contributed by atoms with van der Waals surface area (Å²) in [6.45, 7) is -0.269. The van der Waals surface area contributed by atoms with Crippen molar-refractivity contribution in [2.24, 2.45) is 11.7 Å². The zero-order valence-electron chi connectivity index (χ0n) is 40.7. The van der Waals surface area contributed by atoms with Crippen molar-refractivity contribution in [3.05, 3.63) is 117 Å². The maximum Gasteiger partial charge on any atom is 0.356 e. The van der Waals surface area contributed by atoms with E-state index < -0.39 is 95.9 Å². The number of aromatic nitrogens is 4. The SMILES string of the molecule is CC(=O)c1cn(CC(=O)N2C[C@H](F)C[C@H]2C(=O)NCc2cc(P(=O)(O)O)cc(Cl)c2F)c2ccccc12.NC(=O)c1nn(CC(=O)N2[C@@H]3CCCC[C@@H]3C[C@H]2C(=O)NCc2cc(P(=O)(O)O)cc(Cl)c2F)c2cnccc12. The van der Waals surface area contributed by atoms with E-state index in [1.165, 1.54) is 24.0 Å². The van der Waals surface area contributed by atoms with Crippen molar-refractivity contribution in [2.45, 2.75) is 95.9 Å². The Hall–Kier alpha value is -6.49. The number of para-hydroxylation sites is 1. The average Bonchev–Trinajstić information content (AvgIpc) is 4.18. The van der Waals surface area contributed by atoms with Crippen LogP contribution in [0, 0.1) is 17.6 Å². The van der Waals surface area contributed by atoms with Crippen LogP contribution in [0.5, 0.6) is 0 Å². The van der Waals surface area contributed by atoms with Gasteiger partial charge in [0.25, 0.3) is 5.91 Å². The van der Waals surface area contributed by atoms with E-state index in [2.05, 4.69) is 20.7 Å². The van der Waals surface area contributed by atoms with E-state index >= 15 is 0 Å². The topological polar surface area (TPSA) is 310 Å². The van der Waals surface area contributed by atoms with Crippen LogP contribution in [0.4, 0.5) is 13.2 Å². The zero-order chi connectivity index (χ0) is 55.8. The first-order chi connectivity index (χ1) is 36.3. The molecule has 1 saturated carbocycles. The maximum absolute atomic E-state index is 14.6. The molecule has 3 aromatic carbocycles. The van der Waals surface area contributed by atoms with Crippen LogP contribution in [-0.2, 0) is 54.5 Å². The lowest BCUT2D eigenvalue weighted by Gasteiger charge is -2.33. The quantitative estimate of drug-likeness (QED) is 0.0591. The number of fused-ring (bicyclic) bond motifs is 3. The van der Waals surface area contributed by atoms with Crippen molar-refractivity contribution in [1.82, 2.24) is 39.8 Å². The number of nitrogens with one attached hydrogen (secondary N) is 2. The smallest absolute Gasteiger partial charge is 0.356 e. The fraction of sp³-hybridized carbons (Fsp3) is 0.347. The Morgan fingerprint density at radius 3 is 1.97 bits per heavy atom. The molecule has 5 heterocycles. The predicted molar refractivity (Wildman–Crippen MR) is 274 cm³/mol. The van der Waals surface area contributed by atoms with Crippen molar-refractivity contribution in [3.8, 4) is 0 Å². The molecule has 5 amide bonds. The van der Waals surface area contributed by atoms with E-state index in [1.807, 2.05) is 0 Å². The third kappa shape index (κ3) is 12.3. The number of amides is 5. The van der Waals surface area contributed by atoms with Gasteiger partial charge in [-0.05, 0) is 68.5 Å². The molecular weight excluding hydrogens is 1100 g/mol. The van der Waals surface area contributed by atoms with Gasteiger partial charge in [0.05, 0.1) is 38.9 Å². The van der Waals surface area contributed by atoms with Gasteiger partial charge in [-0.2, -0.15) is 5.10 Å². The molecule has 8 N–H and O–H groups in total. The van der Waals surface area contributed by atoms with Gasteiger partial charge in [0.2, 0.25) is 23.6 Å². The lowest BCUT2D eigenvalue weighted by Crippen LogP contribution is -2.50. The monoisotopic (exact) mass is 1150 g/mol. The van der Waals surface area contributed by atoms with Gasteiger partial charge < -0.3 is 50.3 Å². The highest BCUT2D eigenvalue weighted by Crippen LogP contribution is 2.41. The number of nitrogens with two attached hydrogens (primary N) is 1. The van der Waals surface area contributed by atoms with E-state index in [-0.39, 0.29) is 73.1 Å². The Kier molecular flexibility index (Phi) is 16.8. The number of benzene rings is 3. The standard InChI is InChI=1S/C25H27ClFN6O6P.C24H23ClF2N3O6P/c26-17-9-15(40(37,38)39)7-14(22(17)27)10-30-25(36)19-8-13-3-1-2-4-18(13)33(19)21(34)12-32-20-11-29-6-5-16(20)23(31-32)24(28)35;1-13(31)18-11-29(20-5-3-2-4-17(18)20)12-22(32)30-10-15(26)7-21(30)24(33)28-9-14-6-16(37(34,35)36)8-19(25)23(14)27/h5-7,9,11,13,18-19H,1-4,8,10,12H2,(H2,28,35)(H,30,36)(H2,37,38,39);2-6,8,11,15,21H,7,9-10,12H2,1H3,(H,28,33)(H2,34,35,36)/t13-,18-,19+;15-,21+/m11/s1. The number of Topliss-reactive ketones (excluding diaryl/α,β-unsaturated/α-hetero) is 1. The average molecular weight is 1150 g/mol. The number of carbonyl (C=O) groups is 6. The molecule has 9 rings (SSSR count). The molecule has 3 fully saturated rings. The summed E-state index contributed by atoms with van der Waals surface area (Å²) < 4.78 is 69.5. The highest BCUT2D eigenvalue weighted by Gasteiger charge is 2.47. The van der Waals surface area contributed by atoms with E-state index in [9.17, 15) is 70.6 Å². The van der Waals surface area contributed by atoms with Gasteiger partial charge in [0.15, 0.2) is 11.5 Å². The Morgan fingerprint density at radius 2 is 1.38 bits per heavy atom. The molecule has 28 heteroatoms. The zero-order valence-corrected chi connectivity index (χ0v) is 44.0. The van der Waals surface area contributed by atoms with E-state index in [0.717, 1.165) is 54.8 Å². The van der Waals surface area contributed by atoms with Gasteiger partial charge in [-0.3, -0.25) is 47.6 Å². The number of alkyl halides is 1. The molecule has 6 aromatic rings. The van der Waals surface area contributed by atoms with Gasteiger partial charge >= 0.3 is 15.2 Å². The number of pyridine rings is 1. The number of hydrogen-bond acceptors (Lipinski definition) is 10. The fourth-order valence-corrected chi connectivity index (χ4v) is 12.1. The highest BCUT2D eigenvalue weighted by atomic mass is 35.5. The minimum Gasteiger partial charge on any atom is -0.364 e. The largest absolute Gasteiger partial charge is 0.364 e.